The van der Waals surface area contributed by atoms with Crippen molar-refractivity contribution in [3.63, 3.8) is 0 Å². The zero-order chi connectivity index (χ0) is 23.0. The van der Waals surface area contributed by atoms with Crippen LogP contribution in [0.4, 0.5) is 11.4 Å². The van der Waals surface area contributed by atoms with Crippen LogP contribution in [0.3, 0.4) is 0 Å². The molecule has 0 fully saturated rings. The van der Waals surface area contributed by atoms with Crippen LogP contribution in [0.15, 0.2) is 42.5 Å². The molecule has 1 atom stereocenters. The van der Waals surface area contributed by atoms with Gasteiger partial charge >= 0.3 is 5.97 Å². The molecule has 31 heavy (non-hydrogen) atoms. The van der Waals surface area contributed by atoms with Gasteiger partial charge in [0.15, 0.2) is 17.6 Å². The third kappa shape index (κ3) is 6.20. The van der Waals surface area contributed by atoms with Gasteiger partial charge in [-0.2, -0.15) is 0 Å². The van der Waals surface area contributed by atoms with Crippen molar-refractivity contribution in [1.82, 2.24) is 0 Å². The zero-order valence-corrected chi connectivity index (χ0v) is 17.4. The number of ether oxygens (including phenoxy) is 4. The monoisotopic (exact) mass is 430 g/mol. The number of methoxy groups -OCH3 is 3. The fourth-order valence-electron chi connectivity index (χ4n) is 2.53. The first-order valence-electron chi connectivity index (χ1n) is 9.03. The Labute approximate surface area is 178 Å². The van der Waals surface area contributed by atoms with Crippen molar-refractivity contribution in [2.24, 2.45) is 0 Å². The third-order valence-electron chi connectivity index (χ3n) is 4.13. The number of carbonyl (C=O) groups is 2. The molecule has 0 aliphatic heterocycles. The normalized spacial score (nSPS) is 11.5. The zero-order valence-electron chi connectivity index (χ0n) is 17.4. The number of nitro benzene ring substituents is 1. The minimum absolute atomic E-state index is 0.0884. The molecule has 0 saturated heterocycles. The van der Waals surface area contributed by atoms with E-state index in [4.69, 9.17) is 18.9 Å². The molecular weight excluding hydrogens is 408 g/mol. The summed E-state index contributed by atoms with van der Waals surface area (Å²) in [5, 5.41) is 13.4. The molecule has 1 unspecified atom stereocenters. The Kier molecular flexibility index (Phi) is 7.95. The Balaban J connectivity index is 2.03. The van der Waals surface area contributed by atoms with E-state index in [1.54, 1.807) is 18.2 Å². The summed E-state index contributed by atoms with van der Waals surface area (Å²) >= 11 is 0. The number of benzene rings is 2. The highest BCUT2D eigenvalue weighted by Crippen LogP contribution is 2.29. The van der Waals surface area contributed by atoms with Crippen molar-refractivity contribution < 1.29 is 33.5 Å². The summed E-state index contributed by atoms with van der Waals surface area (Å²) in [5.74, 6) is -0.151. The maximum Gasteiger partial charge on any atom is 0.331 e. The van der Waals surface area contributed by atoms with Crippen LogP contribution in [0.25, 0.3) is 6.08 Å². The van der Waals surface area contributed by atoms with Gasteiger partial charge in [0.25, 0.3) is 11.6 Å². The standard InChI is InChI=1S/C21H22N2O8/c1-13(21(25)22-16-12-15(23(26)27)7-9-17(16)28-2)31-20(24)10-6-14-5-8-18(29-3)19(11-14)30-4/h5-13H,1-4H3,(H,22,25). The Morgan fingerprint density at radius 1 is 1.00 bits per heavy atom. The summed E-state index contributed by atoms with van der Waals surface area (Å²) in [6, 6.07) is 8.84. The Hall–Kier alpha value is -4.08. The van der Waals surface area contributed by atoms with E-state index in [2.05, 4.69) is 5.32 Å². The van der Waals surface area contributed by atoms with Crippen LogP contribution in [0.1, 0.15) is 12.5 Å². The largest absolute Gasteiger partial charge is 0.495 e. The second-order valence-corrected chi connectivity index (χ2v) is 6.16. The van der Waals surface area contributed by atoms with Crippen LogP contribution in [-0.2, 0) is 14.3 Å². The van der Waals surface area contributed by atoms with Gasteiger partial charge in [-0.25, -0.2) is 4.79 Å². The van der Waals surface area contributed by atoms with Gasteiger partial charge in [0.1, 0.15) is 5.75 Å². The number of anilines is 1. The van der Waals surface area contributed by atoms with Crippen molar-refractivity contribution in [3.8, 4) is 17.2 Å². The number of hydrogen-bond donors (Lipinski definition) is 1. The maximum atomic E-state index is 12.4. The molecule has 164 valence electrons. The van der Waals surface area contributed by atoms with Crippen LogP contribution in [0.2, 0.25) is 0 Å². The Bertz CT molecular complexity index is 1000. The molecule has 1 N–H and O–H groups in total. The highest BCUT2D eigenvalue weighted by Gasteiger charge is 2.20. The summed E-state index contributed by atoms with van der Waals surface area (Å²) in [5.41, 5.74) is 0.525. The van der Waals surface area contributed by atoms with Crippen LogP contribution in [0.5, 0.6) is 17.2 Å². The number of non-ortho nitro benzene ring substituents is 1. The SMILES string of the molecule is COc1ccc([N+](=O)[O-])cc1NC(=O)C(C)OC(=O)C=Cc1ccc(OC)c(OC)c1. The van der Waals surface area contributed by atoms with Crippen molar-refractivity contribution in [2.75, 3.05) is 26.6 Å². The number of esters is 1. The smallest absolute Gasteiger partial charge is 0.331 e. The first-order valence-corrected chi connectivity index (χ1v) is 9.03. The first kappa shape index (κ1) is 23.2. The first-order chi connectivity index (χ1) is 14.8. The molecule has 2 rings (SSSR count). The molecule has 0 bridgehead atoms. The van der Waals surface area contributed by atoms with Crippen LogP contribution in [-0.4, -0.2) is 44.2 Å². The molecule has 0 spiro atoms. The molecule has 0 aliphatic carbocycles. The van der Waals surface area contributed by atoms with Crippen molar-refractivity contribution in [1.29, 1.82) is 0 Å². The third-order valence-corrected chi connectivity index (χ3v) is 4.13. The molecule has 0 aliphatic rings. The van der Waals surface area contributed by atoms with E-state index in [1.165, 1.54) is 52.5 Å². The quantitative estimate of drug-likeness (QED) is 0.278. The second-order valence-electron chi connectivity index (χ2n) is 6.16. The van der Waals surface area contributed by atoms with Gasteiger partial charge in [-0.3, -0.25) is 14.9 Å². The minimum atomic E-state index is -1.16. The molecule has 0 aromatic heterocycles. The average molecular weight is 430 g/mol. The predicted molar refractivity (Wildman–Crippen MR) is 112 cm³/mol. The van der Waals surface area contributed by atoms with E-state index in [0.29, 0.717) is 17.1 Å². The molecule has 1 amide bonds. The van der Waals surface area contributed by atoms with Gasteiger partial charge < -0.3 is 24.3 Å². The number of nitro groups is 1. The van der Waals surface area contributed by atoms with Gasteiger partial charge in [-0.05, 0) is 36.8 Å². The van der Waals surface area contributed by atoms with E-state index in [1.807, 2.05) is 0 Å². The van der Waals surface area contributed by atoms with Crippen molar-refractivity contribution in [2.45, 2.75) is 13.0 Å². The van der Waals surface area contributed by atoms with E-state index < -0.39 is 22.9 Å². The molecule has 0 saturated carbocycles. The molecular formula is C21H22N2O8. The van der Waals surface area contributed by atoms with Crippen LogP contribution >= 0.6 is 0 Å². The van der Waals surface area contributed by atoms with Gasteiger partial charge in [0.05, 0.1) is 31.9 Å². The molecule has 0 radical (unpaired) electrons. The number of nitrogens with zero attached hydrogens (tertiary/aromatic N) is 1. The minimum Gasteiger partial charge on any atom is -0.495 e. The van der Waals surface area contributed by atoms with E-state index in [9.17, 15) is 19.7 Å². The van der Waals surface area contributed by atoms with E-state index in [-0.39, 0.29) is 17.1 Å². The highest BCUT2D eigenvalue weighted by atomic mass is 16.6. The van der Waals surface area contributed by atoms with Gasteiger partial charge in [0.2, 0.25) is 0 Å². The van der Waals surface area contributed by atoms with Crippen molar-refractivity contribution in [3.05, 3.63) is 58.2 Å². The lowest BCUT2D eigenvalue weighted by Gasteiger charge is -2.14. The molecule has 10 nitrogen and oxygen atoms in total. The number of nitrogens with one attached hydrogen (secondary N) is 1. The molecule has 2 aromatic rings. The number of rotatable bonds is 9. The molecule has 2 aromatic carbocycles. The number of carbonyl (C=O) groups excluding carboxylic acids is 2. The summed E-state index contributed by atoms with van der Waals surface area (Å²) in [4.78, 5) is 34.8. The van der Waals surface area contributed by atoms with E-state index >= 15 is 0 Å². The molecule has 10 heteroatoms. The lowest BCUT2D eigenvalue weighted by Crippen LogP contribution is -2.29. The summed E-state index contributed by atoms with van der Waals surface area (Å²) in [7, 11) is 4.37. The van der Waals surface area contributed by atoms with Gasteiger partial charge in [-0.1, -0.05) is 6.07 Å². The predicted octanol–water partition coefficient (Wildman–Crippen LogP) is 3.20. The summed E-state index contributed by atoms with van der Waals surface area (Å²) in [6.07, 6.45) is 1.50. The Morgan fingerprint density at radius 3 is 2.26 bits per heavy atom. The fourth-order valence-corrected chi connectivity index (χ4v) is 2.53. The summed E-state index contributed by atoms with van der Waals surface area (Å²) < 4.78 is 20.5. The van der Waals surface area contributed by atoms with E-state index in [0.717, 1.165) is 6.07 Å². The van der Waals surface area contributed by atoms with Crippen LogP contribution < -0.4 is 19.5 Å². The number of hydrogen-bond acceptors (Lipinski definition) is 8. The lowest BCUT2D eigenvalue weighted by molar-refractivity contribution is -0.384. The van der Waals surface area contributed by atoms with Crippen molar-refractivity contribution >= 4 is 29.3 Å². The topological polar surface area (TPSA) is 126 Å². The summed E-state index contributed by atoms with van der Waals surface area (Å²) in [6.45, 7) is 1.38. The lowest BCUT2D eigenvalue weighted by atomic mass is 10.2. The fraction of sp³-hybridized carbons (Fsp3) is 0.238. The second kappa shape index (κ2) is 10.6. The maximum absolute atomic E-state index is 12.4. The molecule has 0 heterocycles. The average Bonchev–Trinajstić information content (AvgIpc) is 2.77. The highest BCUT2D eigenvalue weighted by molar-refractivity contribution is 5.97. The van der Waals surface area contributed by atoms with Crippen LogP contribution in [0, 0.1) is 10.1 Å². The number of amides is 1. The van der Waals surface area contributed by atoms with Gasteiger partial charge in [-0.15, -0.1) is 0 Å². The Morgan fingerprint density at radius 2 is 1.65 bits per heavy atom. The van der Waals surface area contributed by atoms with Gasteiger partial charge in [0, 0.05) is 18.2 Å².